The first-order chi connectivity index (χ1) is 6.27. The summed E-state index contributed by atoms with van der Waals surface area (Å²) in [5, 5.41) is 0. The molecule has 0 bridgehead atoms. The van der Waals surface area contributed by atoms with Crippen molar-refractivity contribution in [3.05, 3.63) is 42.7 Å². The van der Waals surface area contributed by atoms with Crippen molar-refractivity contribution in [1.82, 2.24) is 9.55 Å². The minimum atomic E-state index is -0.349. The monoisotopic (exact) mass is 200 g/mol. The Kier molecular flexibility index (Phi) is 3.69. The largest absolute Gasteiger partial charge is 0.399 e. The Hall–Kier alpha value is -0.840. The van der Waals surface area contributed by atoms with E-state index >= 15 is 0 Å². The Morgan fingerprint density at radius 2 is 2.14 bits per heavy atom. The minimum absolute atomic E-state index is 0. The Morgan fingerprint density at radius 3 is 2.71 bits per heavy atom. The molecule has 0 amide bonds. The molecule has 5 heteroatoms. The predicted octanol–water partition coefficient (Wildman–Crippen LogP) is 1.21. The van der Waals surface area contributed by atoms with Crippen LogP contribution >= 0.6 is 0 Å². The van der Waals surface area contributed by atoms with Gasteiger partial charge in [-0.15, -0.1) is 0 Å². The molecule has 0 atom stereocenters. The second-order valence-electron chi connectivity index (χ2n) is 2.68. The van der Waals surface area contributed by atoms with Gasteiger partial charge in [-0.3, -0.25) is 0 Å². The zero-order chi connectivity index (χ0) is 9.26. The zero-order valence-electron chi connectivity index (χ0n) is 7.81. The van der Waals surface area contributed by atoms with Crippen molar-refractivity contribution in [1.29, 1.82) is 0 Å². The fourth-order valence-corrected chi connectivity index (χ4v) is 1.13. The maximum Gasteiger partial charge on any atom is 0.149 e. The summed E-state index contributed by atoms with van der Waals surface area (Å²) in [6.45, 7) is 0. The van der Waals surface area contributed by atoms with Gasteiger partial charge in [0.1, 0.15) is 5.82 Å². The van der Waals surface area contributed by atoms with E-state index in [-0.39, 0.29) is 35.4 Å². The van der Waals surface area contributed by atoms with Crippen molar-refractivity contribution >= 4 is 35.2 Å². The van der Waals surface area contributed by atoms with E-state index in [1.165, 1.54) is 12.4 Å². The molecule has 0 aliphatic heterocycles. The van der Waals surface area contributed by atoms with Crippen LogP contribution in [-0.2, 0) is 0 Å². The van der Waals surface area contributed by atoms with Gasteiger partial charge in [0.2, 0.25) is 0 Å². The van der Waals surface area contributed by atoms with Crippen molar-refractivity contribution in [2.75, 3.05) is 5.73 Å². The van der Waals surface area contributed by atoms with Crippen LogP contribution in [0.5, 0.6) is 0 Å². The summed E-state index contributed by atoms with van der Waals surface area (Å²) in [5.41, 5.74) is 6.28. The zero-order valence-corrected chi connectivity index (χ0v) is 9.81. The van der Waals surface area contributed by atoms with E-state index in [0.29, 0.717) is 11.4 Å². The molecule has 1 aromatic heterocycles. The van der Waals surface area contributed by atoms with Crippen LogP contribution in [0.1, 0.15) is 0 Å². The van der Waals surface area contributed by atoms with Crippen LogP contribution in [0.3, 0.4) is 0 Å². The number of anilines is 1. The Morgan fingerprint density at radius 1 is 1.36 bits per heavy atom. The van der Waals surface area contributed by atoms with Gasteiger partial charge >= 0.3 is 0 Å². The predicted molar refractivity (Wildman–Crippen MR) is 53.7 cm³/mol. The van der Waals surface area contributed by atoms with Crippen LogP contribution in [0, 0.1) is 5.82 Å². The molecule has 1 heterocycles. The van der Waals surface area contributed by atoms with Crippen LogP contribution in [-0.4, -0.2) is 39.1 Å². The summed E-state index contributed by atoms with van der Waals surface area (Å²) < 4.78 is 14.9. The molecule has 0 saturated heterocycles. The standard InChI is InChI=1S/C9H8FN3.Na/c10-8-5-7(11)1-2-9(8)13-4-3-12-6-13;/h1-6H,11H2;. The van der Waals surface area contributed by atoms with E-state index in [4.69, 9.17) is 5.73 Å². The second kappa shape index (κ2) is 4.59. The van der Waals surface area contributed by atoms with Crippen molar-refractivity contribution in [2.45, 2.75) is 0 Å². The maximum absolute atomic E-state index is 13.3. The number of aromatic nitrogens is 2. The number of nitrogen functional groups attached to an aromatic ring is 1. The third-order valence-corrected chi connectivity index (χ3v) is 1.75. The van der Waals surface area contributed by atoms with Gasteiger partial charge in [0, 0.05) is 47.6 Å². The average molecular weight is 200 g/mol. The molecule has 2 rings (SSSR count). The number of imidazole rings is 1. The summed E-state index contributed by atoms with van der Waals surface area (Å²) >= 11 is 0. The summed E-state index contributed by atoms with van der Waals surface area (Å²) in [6, 6.07) is 4.56. The fourth-order valence-electron chi connectivity index (χ4n) is 1.13. The van der Waals surface area contributed by atoms with E-state index in [1.54, 1.807) is 29.1 Å². The molecule has 3 nitrogen and oxygen atoms in total. The number of hydrogen-bond donors (Lipinski definition) is 1. The number of benzene rings is 1. The van der Waals surface area contributed by atoms with Crippen molar-refractivity contribution < 1.29 is 4.39 Å². The van der Waals surface area contributed by atoms with E-state index in [2.05, 4.69) is 4.98 Å². The number of hydrogen-bond acceptors (Lipinski definition) is 2. The SMILES string of the molecule is Nc1ccc(-n2ccnc2)c(F)c1.[Na]. The quantitative estimate of drug-likeness (QED) is 0.555. The van der Waals surface area contributed by atoms with Gasteiger partial charge in [-0.05, 0) is 18.2 Å². The van der Waals surface area contributed by atoms with Crippen LogP contribution in [0.2, 0.25) is 0 Å². The molecule has 0 saturated carbocycles. The van der Waals surface area contributed by atoms with Crippen molar-refractivity contribution in [3.63, 3.8) is 0 Å². The van der Waals surface area contributed by atoms with Gasteiger partial charge in [0.15, 0.2) is 0 Å². The first-order valence-corrected chi connectivity index (χ1v) is 3.81. The van der Waals surface area contributed by atoms with Gasteiger partial charge in [-0.1, -0.05) is 0 Å². The minimum Gasteiger partial charge on any atom is -0.399 e. The molecule has 2 aromatic rings. The van der Waals surface area contributed by atoms with Gasteiger partial charge in [-0.25, -0.2) is 9.37 Å². The third-order valence-electron chi connectivity index (χ3n) is 1.75. The number of halogens is 1. The molecule has 1 radical (unpaired) electrons. The number of rotatable bonds is 1. The Labute approximate surface area is 103 Å². The smallest absolute Gasteiger partial charge is 0.149 e. The molecule has 0 unspecified atom stereocenters. The molecule has 0 aliphatic rings. The normalized spacial score (nSPS) is 9.50. The maximum atomic E-state index is 13.3. The summed E-state index contributed by atoms with van der Waals surface area (Å²) in [5.74, 6) is -0.349. The van der Waals surface area contributed by atoms with Gasteiger partial charge in [0.25, 0.3) is 0 Å². The summed E-state index contributed by atoms with van der Waals surface area (Å²) in [7, 11) is 0. The molecule has 0 fully saturated rings. The van der Waals surface area contributed by atoms with Gasteiger partial charge in [0.05, 0.1) is 12.0 Å². The molecular formula is C9H8FN3Na. The molecule has 2 N–H and O–H groups in total. The fraction of sp³-hybridized carbons (Fsp3) is 0. The summed E-state index contributed by atoms with van der Waals surface area (Å²) in [4.78, 5) is 3.83. The molecule has 1 aromatic carbocycles. The first kappa shape index (κ1) is 11.2. The van der Waals surface area contributed by atoms with E-state index in [9.17, 15) is 4.39 Å². The third kappa shape index (κ3) is 2.15. The van der Waals surface area contributed by atoms with E-state index in [1.807, 2.05) is 0 Å². The number of nitrogens with zero attached hydrogens (tertiary/aromatic N) is 2. The Balaban J connectivity index is 0.000000980. The van der Waals surface area contributed by atoms with E-state index in [0.717, 1.165) is 0 Å². The molecule has 0 aliphatic carbocycles. The Bertz CT molecular complexity index is 414. The van der Waals surface area contributed by atoms with Crippen molar-refractivity contribution in [2.24, 2.45) is 0 Å². The van der Waals surface area contributed by atoms with E-state index < -0.39 is 0 Å². The van der Waals surface area contributed by atoms with Crippen LogP contribution in [0.4, 0.5) is 10.1 Å². The second-order valence-corrected chi connectivity index (χ2v) is 2.68. The van der Waals surface area contributed by atoms with Gasteiger partial charge < -0.3 is 10.3 Å². The van der Waals surface area contributed by atoms with Crippen LogP contribution in [0.25, 0.3) is 5.69 Å². The summed E-state index contributed by atoms with van der Waals surface area (Å²) in [6.07, 6.45) is 4.80. The van der Waals surface area contributed by atoms with Crippen LogP contribution in [0.15, 0.2) is 36.9 Å². The van der Waals surface area contributed by atoms with Gasteiger partial charge in [-0.2, -0.15) is 0 Å². The molecule has 67 valence electrons. The molecule has 0 spiro atoms. The number of nitrogens with two attached hydrogens (primary N) is 1. The first-order valence-electron chi connectivity index (χ1n) is 3.81. The average Bonchev–Trinajstić information content (AvgIpc) is 2.56. The van der Waals surface area contributed by atoms with Crippen molar-refractivity contribution in [3.8, 4) is 5.69 Å². The molecule has 14 heavy (non-hydrogen) atoms. The topological polar surface area (TPSA) is 43.8 Å². The van der Waals surface area contributed by atoms with Crippen LogP contribution < -0.4 is 5.73 Å². The molecular weight excluding hydrogens is 192 g/mol.